The van der Waals surface area contributed by atoms with E-state index in [1.54, 1.807) is 0 Å². The van der Waals surface area contributed by atoms with Crippen molar-refractivity contribution in [3.8, 4) is 23.0 Å². The summed E-state index contributed by atoms with van der Waals surface area (Å²) in [5, 5.41) is 1.14. The smallest absolute Gasteiger partial charge is 0.265 e. The van der Waals surface area contributed by atoms with E-state index in [4.69, 9.17) is 23.4 Å². The molecular weight excluding hydrogens is 647 g/mol. The standard InChI is InChI=1S/C44H49BN2O5/c1-24-19-34-40(50-17-15-48-34)26(3)37(24)46-14-13-45-36-31(46)22-29(44(8,9)10)23-32(36)47(38-25(2)20-35-41(27(38)4)51-18-16-49-35)39-30-21-28(43(5,6)7)11-12-33(30)52-42(39)45/h11-12,19-23H,13-18H2,1-10H3. The summed E-state index contributed by atoms with van der Waals surface area (Å²) in [4.78, 5) is 5.05. The van der Waals surface area contributed by atoms with Crippen LogP contribution in [0.2, 0.25) is 6.32 Å². The average molecular weight is 697 g/mol. The van der Waals surface area contributed by atoms with Crippen LogP contribution in [-0.4, -0.2) is 39.7 Å². The van der Waals surface area contributed by atoms with Gasteiger partial charge in [0.05, 0.1) is 22.7 Å². The number of rotatable bonds is 2. The Morgan fingerprint density at radius 2 is 1.19 bits per heavy atom. The highest BCUT2D eigenvalue weighted by Crippen LogP contribution is 2.53. The molecule has 9 rings (SSSR count). The van der Waals surface area contributed by atoms with Gasteiger partial charge < -0.3 is 33.2 Å². The molecule has 0 spiro atoms. The maximum absolute atomic E-state index is 7.06. The highest BCUT2D eigenvalue weighted by molar-refractivity contribution is 6.89. The van der Waals surface area contributed by atoms with Crippen molar-refractivity contribution in [2.24, 2.45) is 0 Å². The summed E-state index contributed by atoms with van der Waals surface area (Å²) in [6.07, 6.45) is 0.911. The first-order valence-corrected chi connectivity index (χ1v) is 18.8. The van der Waals surface area contributed by atoms with E-state index in [1.807, 2.05) is 0 Å². The molecule has 0 unspecified atom stereocenters. The lowest BCUT2D eigenvalue weighted by molar-refractivity contribution is 0.170. The van der Waals surface area contributed by atoms with Crippen LogP contribution < -0.4 is 39.9 Å². The van der Waals surface area contributed by atoms with Gasteiger partial charge in [-0.05, 0) is 109 Å². The molecular formula is C44H49BN2O5. The van der Waals surface area contributed by atoms with E-state index in [1.165, 1.54) is 39.2 Å². The number of hydrogen-bond donors (Lipinski definition) is 0. The Morgan fingerprint density at radius 3 is 1.83 bits per heavy atom. The summed E-state index contributed by atoms with van der Waals surface area (Å²) in [6, 6.07) is 16.0. The van der Waals surface area contributed by atoms with Crippen molar-refractivity contribution in [3.63, 3.8) is 0 Å². The molecule has 52 heavy (non-hydrogen) atoms. The summed E-state index contributed by atoms with van der Waals surface area (Å²) in [7, 11) is 0. The van der Waals surface area contributed by atoms with Gasteiger partial charge in [0.25, 0.3) is 6.71 Å². The molecule has 8 heteroatoms. The fourth-order valence-corrected chi connectivity index (χ4v) is 8.99. The van der Waals surface area contributed by atoms with Crippen LogP contribution in [0.25, 0.3) is 11.0 Å². The van der Waals surface area contributed by atoms with Gasteiger partial charge >= 0.3 is 0 Å². The maximum atomic E-state index is 7.06. The number of furan rings is 1. The van der Waals surface area contributed by atoms with Crippen LogP contribution in [0.15, 0.2) is 46.9 Å². The SMILES string of the molecule is Cc1cc2c(c(C)c1N1CCB3c4oc5ccc(C(C)(C)C)cc5c4N(c4c(C)cc5c(c4C)OCCO5)c4cc(C(C)(C)C)cc1c43)OCCO2. The fourth-order valence-electron chi connectivity index (χ4n) is 8.99. The van der Waals surface area contributed by atoms with Gasteiger partial charge in [0.2, 0.25) is 0 Å². The van der Waals surface area contributed by atoms with E-state index in [0.29, 0.717) is 26.4 Å². The third kappa shape index (κ3) is 4.85. The highest BCUT2D eigenvalue weighted by atomic mass is 16.6. The third-order valence-electron chi connectivity index (χ3n) is 11.6. The van der Waals surface area contributed by atoms with Gasteiger partial charge in [0, 0.05) is 34.4 Å². The molecule has 5 aromatic rings. The third-order valence-corrected chi connectivity index (χ3v) is 11.6. The topological polar surface area (TPSA) is 56.5 Å². The quantitative estimate of drug-likeness (QED) is 0.171. The summed E-state index contributed by atoms with van der Waals surface area (Å²) in [6.45, 7) is 25.7. The molecule has 0 saturated heterocycles. The minimum Gasteiger partial charge on any atom is -0.486 e. The first-order valence-electron chi connectivity index (χ1n) is 18.8. The number of ether oxygens (including phenoxy) is 4. The molecule has 0 radical (unpaired) electrons. The lowest BCUT2D eigenvalue weighted by Crippen LogP contribution is -2.55. The lowest BCUT2D eigenvalue weighted by atomic mass is 9.37. The zero-order chi connectivity index (χ0) is 36.4. The second-order valence-electron chi connectivity index (χ2n) is 17.2. The molecule has 0 N–H and O–H groups in total. The van der Waals surface area contributed by atoms with Crippen LogP contribution >= 0.6 is 0 Å². The van der Waals surface area contributed by atoms with Crippen LogP contribution in [-0.2, 0) is 10.8 Å². The van der Waals surface area contributed by atoms with E-state index in [9.17, 15) is 0 Å². The van der Waals surface area contributed by atoms with E-state index < -0.39 is 0 Å². The molecule has 0 bridgehead atoms. The molecule has 0 aliphatic carbocycles. The summed E-state index contributed by atoms with van der Waals surface area (Å²) >= 11 is 0. The zero-order valence-electron chi connectivity index (χ0n) is 32.3. The molecule has 7 nitrogen and oxygen atoms in total. The second kappa shape index (κ2) is 11.4. The molecule has 0 saturated carbocycles. The average Bonchev–Trinajstić information content (AvgIpc) is 3.48. The highest BCUT2D eigenvalue weighted by Gasteiger charge is 2.46. The fraction of sp³-hybridized carbons (Fsp3) is 0.409. The number of aryl methyl sites for hydroxylation is 2. The van der Waals surface area contributed by atoms with Crippen molar-refractivity contribution in [2.75, 3.05) is 42.8 Å². The molecule has 268 valence electrons. The minimum absolute atomic E-state index is 0.0180. The van der Waals surface area contributed by atoms with Crippen LogP contribution in [0, 0.1) is 27.7 Å². The van der Waals surface area contributed by atoms with Crippen LogP contribution in [0.1, 0.15) is 74.9 Å². The molecule has 0 fully saturated rings. The molecule has 5 heterocycles. The molecule has 4 aliphatic rings. The normalized spacial score (nSPS) is 16.3. The second-order valence-corrected chi connectivity index (χ2v) is 17.2. The molecule has 0 amide bonds. The van der Waals surface area contributed by atoms with E-state index in [2.05, 4.69) is 122 Å². The van der Waals surface area contributed by atoms with Gasteiger partial charge in [-0.25, -0.2) is 0 Å². The van der Waals surface area contributed by atoms with Gasteiger partial charge in [-0.1, -0.05) is 47.6 Å². The Hall–Kier alpha value is -4.72. The van der Waals surface area contributed by atoms with Crippen LogP contribution in [0.5, 0.6) is 23.0 Å². The van der Waals surface area contributed by atoms with E-state index in [-0.39, 0.29) is 17.5 Å². The lowest BCUT2D eigenvalue weighted by Gasteiger charge is -2.44. The molecule has 4 aromatic carbocycles. The van der Waals surface area contributed by atoms with Crippen LogP contribution in [0.3, 0.4) is 0 Å². The Bertz CT molecular complexity index is 2310. The van der Waals surface area contributed by atoms with Gasteiger partial charge in [-0.2, -0.15) is 0 Å². The number of hydrogen-bond acceptors (Lipinski definition) is 7. The van der Waals surface area contributed by atoms with Gasteiger partial charge in [0.1, 0.15) is 32.0 Å². The first kappa shape index (κ1) is 33.1. The molecule has 1 aromatic heterocycles. The Labute approximate surface area is 307 Å². The van der Waals surface area contributed by atoms with Gasteiger partial charge in [-0.3, -0.25) is 0 Å². The van der Waals surface area contributed by atoms with Crippen molar-refractivity contribution in [1.29, 1.82) is 0 Å². The van der Waals surface area contributed by atoms with Crippen molar-refractivity contribution >= 4 is 57.2 Å². The molecule has 0 atom stereocenters. The minimum atomic E-state index is -0.109. The van der Waals surface area contributed by atoms with Crippen molar-refractivity contribution < 1.29 is 23.4 Å². The van der Waals surface area contributed by atoms with Gasteiger partial charge in [-0.15, -0.1) is 0 Å². The largest absolute Gasteiger partial charge is 0.486 e. The summed E-state index contributed by atoms with van der Waals surface area (Å²) < 4.78 is 31.9. The molecule has 4 aliphatic heterocycles. The Balaban J connectivity index is 1.37. The number of fused-ring (bicyclic) bond motifs is 6. The summed E-state index contributed by atoms with van der Waals surface area (Å²) in [5.74, 6) is 3.33. The summed E-state index contributed by atoms with van der Waals surface area (Å²) in [5.41, 5.74) is 16.1. The monoisotopic (exact) mass is 696 g/mol. The number of anilines is 5. The van der Waals surface area contributed by atoms with Crippen molar-refractivity contribution in [1.82, 2.24) is 0 Å². The predicted molar refractivity (Wildman–Crippen MR) is 213 cm³/mol. The zero-order valence-corrected chi connectivity index (χ0v) is 32.3. The van der Waals surface area contributed by atoms with Crippen molar-refractivity contribution in [2.45, 2.75) is 86.4 Å². The predicted octanol–water partition coefficient (Wildman–Crippen LogP) is 9.35. The Morgan fingerprint density at radius 1 is 0.615 bits per heavy atom. The Kier molecular flexibility index (Phi) is 7.26. The van der Waals surface area contributed by atoms with E-state index >= 15 is 0 Å². The van der Waals surface area contributed by atoms with E-state index in [0.717, 1.165) is 80.6 Å². The maximum Gasteiger partial charge on any atom is 0.265 e. The number of nitrogens with zero attached hydrogens (tertiary/aromatic N) is 2. The van der Waals surface area contributed by atoms with Crippen LogP contribution in [0.4, 0.5) is 28.4 Å². The first-order chi connectivity index (χ1) is 24.7. The van der Waals surface area contributed by atoms with Crippen molar-refractivity contribution in [3.05, 3.63) is 75.8 Å². The number of benzene rings is 4. The van der Waals surface area contributed by atoms with Gasteiger partial charge in [0.15, 0.2) is 23.0 Å².